The summed E-state index contributed by atoms with van der Waals surface area (Å²) in [7, 11) is 1.85. The number of nitrogens with two attached hydrogens (primary N) is 1. The molecular formula is C16H19F2N5O. The molecule has 6 nitrogen and oxygen atoms in total. The maximum Gasteiger partial charge on any atom is 0.193 e. The van der Waals surface area contributed by atoms with E-state index in [1.807, 2.05) is 13.2 Å². The molecule has 0 amide bonds. The molecule has 24 heavy (non-hydrogen) atoms. The smallest absolute Gasteiger partial charge is 0.193 e. The molecule has 0 saturated carbocycles. The fourth-order valence-electron chi connectivity index (χ4n) is 2.76. The highest BCUT2D eigenvalue weighted by Gasteiger charge is 2.30. The van der Waals surface area contributed by atoms with E-state index in [0.717, 1.165) is 30.2 Å². The van der Waals surface area contributed by atoms with E-state index in [4.69, 9.17) is 10.5 Å². The van der Waals surface area contributed by atoms with Crippen LogP contribution in [0.1, 0.15) is 18.1 Å². The van der Waals surface area contributed by atoms with Crippen molar-refractivity contribution in [3.05, 3.63) is 47.8 Å². The molecule has 0 aliphatic carbocycles. The summed E-state index contributed by atoms with van der Waals surface area (Å²) >= 11 is 0. The molecule has 0 unspecified atom stereocenters. The van der Waals surface area contributed by atoms with Crippen LogP contribution in [-0.4, -0.2) is 28.9 Å². The van der Waals surface area contributed by atoms with Crippen molar-refractivity contribution in [1.29, 1.82) is 0 Å². The Morgan fingerprint density at radius 1 is 1.50 bits per heavy atom. The molecule has 3 N–H and O–H groups in total. The number of hydrogen-bond donors (Lipinski definition) is 2. The number of rotatable bonds is 4. The van der Waals surface area contributed by atoms with Crippen molar-refractivity contribution < 1.29 is 13.5 Å². The summed E-state index contributed by atoms with van der Waals surface area (Å²) in [5.41, 5.74) is 6.74. The zero-order valence-electron chi connectivity index (χ0n) is 13.2. The highest BCUT2D eigenvalue weighted by Crippen LogP contribution is 2.34. The summed E-state index contributed by atoms with van der Waals surface area (Å²) in [5, 5.41) is 6.74. The maximum atomic E-state index is 13.6. The number of hydrogen-bond acceptors (Lipinski definition) is 3. The van der Waals surface area contributed by atoms with Gasteiger partial charge in [-0.2, -0.15) is 5.10 Å². The van der Waals surface area contributed by atoms with E-state index in [1.54, 1.807) is 10.9 Å². The Bertz CT molecular complexity index is 746. The molecule has 0 radical (unpaired) electrons. The quantitative estimate of drug-likeness (QED) is 0.663. The normalized spacial score (nSPS) is 21.2. The molecule has 0 bridgehead atoms. The van der Waals surface area contributed by atoms with Crippen LogP contribution in [0.15, 0.2) is 35.6 Å². The third kappa shape index (κ3) is 3.70. The van der Waals surface area contributed by atoms with Gasteiger partial charge in [-0.25, -0.2) is 8.78 Å². The average Bonchev–Trinajstić information content (AvgIpc) is 3.17. The van der Waals surface area contributed by atoms with Gasteiger partial charge >= 0.3 is 0 Å². The molecule has 2 aromatic rings. The number of guanidine groups is 1. The molecule has 0 spiro atoms. The molecule has 1 saturated heterocycles. The second kappa shape index (κ2) is 6.96. The van der Waals surface area contributed by atoms with Crippen LogP contribution in [-0.2, 0) is 11.8 Å². The van der Waals surface area contributed by atoms with Gasteiger partial charge in [0.25, 0.3) is 0 Å². The SMILES string of the molecule is Cn1cc([C@@H]2OCC[C@H]2CN=C(N)Nc2cc(F)ccc2F)cn1. The molecule has 3 rings (SSSR count). The molecule has 1 aliphatic heterocycles. The number of aromatic nitrogens is 2. The van der Waals surface area contributed by atoms with Gasteiger partial charge in [0.2, 0.25) is 0 Å². The Hall–Kier alpha value is -2.48. The van der Waals surface area contributed by atoms with Crippen LogP contribution in [0.3, 0.4) is 0 Å². The highest BCUT2D eigenvalue weighted by molar-refractivity contribution is 5.92. The number of anilines is 1. The Morgan fingerprint density at radius 3 is 3.08 bits per heavy atom. The topological polar surface area (TPSA) is 77.5 Å². The molecule has 1 aromatic heterocycles. The Balaban J connectivity index is 1.64. The van der Waals surface area contributed by atoms with Gasteiger partial charge in [0.1, 0.15) is 11.6 Å². The lowest BCUT2D eigenvalue weighted by Crippen LogP contribution is -2.25. The number of nitrogens with zero attached hydrogens (tertiary/aromatic N) is 3. The van der Waals surface area contributed by atoms with E-state index in [9.17, 15) is 8.78 Å². The zero-order chi connectivity index (χ0) is 17.1. The van der Waals surface area contributed by atoms with Gasteiger partial charge < -0.3 is 15.8 Å². The lowest BCUT2D eigenvalue weighted by atomic mass is 9.98. The third-order valence-electron chi connectivity index (χ3n) is 3.95. The second-order valence-corrected chi connectivity index (χ2v) is 5.76. The van der Waals surface area contributed by atoms with Gasteiger partial charge in [-0.3, -0.25) is 9.67 Å². The number of halogens is 2. The van der Waals surface area contributed by atoms with Crippen LogP contribution in [0, 0.1) is 17.6 Å². The molecule has 1 aliphatic rings. The largest absolute Gasteiger partial charge is 0.373 e. The molecule has 8 heteroatoms. The van der Waals surface area contributed by atoms with Crippen LogP contribution < -0.4 is 11.1 Å². The van der Waals surface area contributed by atoms with Crippen LogP contribution in [0.2, 0.25) is 0 Å². The van der Waals surface area contributed by atoms with Gasteiger partial charge in [-0.1, -0.05) is 0 Å². The molecule has 2 atom stereocenters. The van der Waals surface area contributed by atoms with E-state index in [0.29, 0.717) is 13.2 Å². The first-order chi connectivity index (χ1) is 11.5. The summed E-state index contributed by atoms with van der Waals surface area (Å²) in [6.07, 6.45) is 4.46. The highest BCUT2D eigenvalue weighted by atomic mass is 19.1. The average molecular weight is 335 g/mol. The summed E-state index contributed by atoms with van der Waals surface area (Å²) in [6.45, 7) is 1.07. The number of ether oxygens (including phenoxy) is 1. The van der Waals surface area contributed by atoms with E-state index in [1.165, 1.54) is 0 Å². The summed E-state index contributed by atoms with van der Waals surface area (Å²) in [4.78, 5) is 4.24. The van der Waals surface area contributed by atoms with Crippen LogP contribution in [0.5, 0.6) is 0 Å². The van der Waals surface area contributed by atoms with Crippen LogP contribution in [0.4, 0.5) is 14.5 Å². The van der Waals surface area contributed by atoms with Gasteiger partial charge in [-0.15, -0.1) is 0 Å². The first-order valence-electron chi connectivity index (χ1n) is 7.65. The van der Waals surface area contributed by atoms with E-state index < -0.39 is 11.6 Å². The molecular weight excluding hydrogens is 316 g/mol. The summed E-state index contributed by atoms with van der Waals surface area (Å²) in [5.74, 6) is -0.942. The van der Waals surface area contributed by atoms with Gasteiger partial charge in [0.15, 0.2) is 5.96 Å². The first-order valence-corrected chi connectivity index (χ1v) is 7.65. The Labute approximate surface area is 138 Å². The van der Waals surface area contributed by atoms with Crippen molar-refractivity contribution in [3.8, 4) is 0 Å². The zero-order valence-corrected chi connectivity index (χ0v) is 13.2. The van der Waals surface area contributed by atoms with E-state index >= 15 is 0 Å². The van der Waals surface area contributed by atoms with Crippen molar-refractivity contribution in [1.82, 2.24) is 9.78 Å². The Kier molecular flexibility index (Phi) is 4.75. The molecule has 1 fully saturated rings. The van der Waals surface area contributed by atoms with Crippen molar-refractivity contribution in [2.45, 2.75) is 12.5 Å². The number of nitrogens with one attached hydrogen (secondary N) is 1. The number of aryl methyl sites for hydroxylation is 1. The summed E-state index contributed by atoms with van der Waals surface area (Å²) in [6, 6.07) is 3.12. The minimum atomic E-state index is -0.591. The minimum absolute atomic E-state index is 0.0383. The fraction of sp³-hybridized carbons (Fsp3) is 0.375. The third-order valence-corrected chi connectivity index (χ3v) is 3.95. The van der Waals surface area contributed by atoms with Crippen LogP contribution >= 0.6 is 0 Å². The minimum Gasteiger partial charge on any atom is -0.373 e. The lowest BCUT2D eigenvalue weighted by Gasteiger charge is -2.15. The van der Waals surface area contributed by atoms with Crippen molar-refractivity contribution in [3.63, 3.8) is 0 Å². The van der Waals surface area contributed by atoms with E-state index in [2.05, 4.69) is 15.4 Å². The second-order valence-electron chi connectivity index (χ2n) is 5.76. The van der Waals surface area contributed by atoms with Crippen molar-refractivity contribution in [2.75, 3.05) is 18.5 Å². The van der Waals surface area contributed by atoms with Gasteiger partial charge in [0, 0.05) is 43.9 Å². The standard InChI is InChI=1S/C16H19F2N5O/c1-23-9-11(8-21-23)15-10(4-5-24-15)7-20-16(19)22-14-6-12(17)2-3-13(14)18/h2-3,6,8-10,15H,4-5,7H2,1H3,(H3,19,20,22)/t10-,15+/m0/s1. The van der Waals surface area contributed by atoms with Gasteiger partial charge in [-0.05, 0) is 18.6 Å². The monoisotopic (exact) mass is 335 g/mol. The number of benzene rings is 1. The lowest BCUT2D eigenvalue weighted by molar-refractivity contribution is 0.0925. The number of aliphatic imine (C=N–C) groups is 1. The first kappa shape index (κ1) is 16.4. The molecule has 1 aromatic carbocycles. The summed E-state index contributed by atoms with van der Waals surface area (Å²) < 4.78 is 34.2. The van der Waals surface area contributed by atoms with Crippen molar-refractivity contribution in [2.24, 2.45) is 23.7 Å². The van der Waals surface area contributed by atoms with E-state index in [-0.39, 0.29) is 23.7 Å². The predicted molar refractivity (Wildman–Crippen MR) is 86.5 cm³/mol. The van der Waals surface area contributed by atoms with Crippen LogP contribution in [0.25, 0.3) is 0 Å². The van der Waals surface area contributed by atoms with Gasteiger partial charge in [0.05, 0.1) is 18.0 Å². The predicted octanol–water partition coefficient (Wildman–Crippen LogP) is 2.20. The molecule has 128 valence electrons. The van der Waals surface area contributed by atoms with Crippen molar-refractivity contribution >= 4 is 11.6 Å². The fourth-order valence-corrected chi connectivity index (χ4v) is 2.76. The molecule has 2 heterocycles. The maximum absolute atomic E-state index is 13.6. The Morgan fingerprint density at radius 2 is 2.33 bits per heavy atom.